The number of carbonyl (C=O) groups is 2. The molecule has 0 bridgehead atoms. The van der Waals surface area contributed by atoms with Crippen molar-refractivity contribution in [3.05, 3.63) is 0 Å². The highest BCUT2D eigenvalue weighted by Gasteiger charge is 2.16. The van der Waals surface area contributed by atoms with Crippen LogP contribution in [0.4, 0.5) is 0 Å². The van der Waals surface area contributed by atoms with Crippen molar-refractivity contribution >= 4 is 11.8 Å². The van der Waals surface area contributed by atoms with Crippen molar-refractivity contribution in [3.63, 3.8) is 0 Å². The highest BCUT2D eigenvalue weighted by Crippen LogP contribution is 1.93. The van der Waals surface area contributed by atoms with Crippen LogP contribution in [0, 0.1) is 0 Å². The summed E-state index contributed by atoms with van der Waals surface area (Å²) in [5.41, 5.74) is 10.5. The molecule has 5 heteroatoms. The Morgan fingerprint density at radius 3 is 2.38 bits per heavy atom. The second kappa shape index (κ2) is 5.53. The van der Waals surface area contributed by atoms with E-state index in [1.807, 2.05) is 6.92 Å². The van der Waals surface area contributed by atoms with Crippen molar-refractivity contribution < 1.29 is 9.59 Å². The summed E-state index contributed by atoms with van der Waals surface area (Å²) in [7, 11) is 0. The maximum absolute atomic E-state index is 11.2. The van der Waals surface area contributed by atoms with Gasteiger partial charge in [-0.05, 0) is 13.3 Å². The molecular formula is C8H17N3O2. The molecule has 0 rings (SSSR count). The number of amides is 2. The molecule has 13 heavy (non-hydrogen) atoms. The number of nitrogens with one attached hydrogen (secondary N) is 1. The molecule has 5 N–H and O–H groups in total. The van der Waals surface area contributed by atoms with E-state index in [0.717, 1.165) is 6.42 Å². The van der Waals surface area contributed by atoms with Crippen LogP contribution in [0.25, 0.3) is 0 Å². The standard InChI is InChI=1S/C8H17N3O2/c1-3-4-6(9)8(13)11-5(2)7(10)12/h5-6H,3-4,9H2,1-2H3,(H2,10,12)(H,11,13)/t5?,6-/m1/s1. The Bertz CT molecular complexity index is 194. The topological polar surface area (TPSA) is 98.2 Å². The second-order valence-corrected chi connectivity index (χ2v) is 3.03. The van der Waals surface area contributed by atoms with Crippen molar-refractivity contribution in [1.29, 1.82) is 0 Å². The van der Waals surface area contributed by atoms with E-state index in [1.165, 1.54) is 6.92 Å². The van der Waals surface area contributed by atoms with Crippen LogP contribution in [0.5, 0.6) is 0 Å². The van der Waals surface area contributed by atoms with E-state index in [2.05, 4.69) is 5.32 Å². The number of hydrogen-bond donors (Lipinski definition) is 3. The Hall–Kier alpha value is -1.10. The van der Waals surface area contributed by atoms with Crippen LogP contribution in [-0.2, 0) is 9.59 Å². The van der Waals surface area contributed by atoms with Gasteiger partial charge >= 0.3 is 0 Å². The van der Waals surface area contributed by atoms with Crippen LogP contribution in [0.15, 0.2) is 0 Å². The molecule has 0 saturated heterocycles. The highest BCUT2D eigenvalue weighted by molar-refractivity contribution is 5.88. The first-order chi connectivity index (χ1) is 5.99. The Labute approximate surface area is 77.8 Å². The van der Waals surface area contributed by atoms with Gasteiger partial charge in [-0.15, -0.1) is 0 Å². The molecule has 0 spiro atoms. The number of hydrogen-bond acceptors (Lipinski definition) is 3. The molecule has 0 heterocycles. The molecule has 0 aliphatic carbocycles. The summed E-state index contributed by atoms with van der Waals surface area (Å²) in [5, 5.41) is 2.43. The fraction of sp³-hybridized carbons (Fsp3) is 0.750. The molecular weight excluding hydrogens is 170 g/mol. The summed E-state index contributed by atoms with van der Waals surface area (Å²) >= 11 is 0. The van der Waals surface area contributed by atoms with Crippen LogP contribution in [0.2, 0.25) is 0 Å². The molecule has 5 nitrogen and oxygen atoms in total. The highest BCUT2D eigenvalue weighted by atomic mass is 16.2. The van der Waals surface area contributed by atoms with Crippen LogP contribution in [-0.4, -0.2) is 23.9 Å². The van der Waals surface area contributed by atoms with Gasteiger partial charge in [0.2, 0.25) is 11.8 Å². The lowest BCUT2D eigenvalue weighted by Crippen LogP contribution is -2.48. The van der Waals surface area contributed by atoms with Crippen LogP contribution in [0.3, 0.4) is 0 Å². The number of nitrogens with two attached hydrogens (primary N) is 2. The molecule has 0 aliphatic heterocycles. The third-order valence-electron chi connectivity index (χ3n) is 1.72. The van der Waals surface area contributed by atoms with E-state index in [-0.39, 0.29) is 5.91 Å². The van der Waals surface area contributed by atoms with Gasteiger partial charge in [0.15, 0.2) is 0 Å². The zero-order chi connectivity index (χ0) is 10.4. The van der Waals surface area contributed by atoms with Gasteiger partial charge in [0.25, 0.3) is 0 Å². The molecule has 2 amide bonds. The number of carbonyl (C=O) groups excluding carboxylic acids is 2. The molecule has 0 aromatic heterocycles. The summed E-state index contributed by atoms with van der Waals surface area (Å²) in [6.07, 6.45) is 1.44. The van der Waals surface area contributed by atoms with Gasteiger partial charge in [-0.1, -0.05) is 13.3 Å². The molecule has 0 saturated carbocycles. The molecule has 0 fully saturated rings. The first-order valence-corrected chi connectivity index (χ1v) is 4.34. The average Bonchev–Trinajstić information content (AvgIpc) is 2.04. The van der Waals surface area contributed by atoms with Gasteiger partial charge < -0.3 is 16.8 Å². The molecule has 76 valence electrons. The number of primary amides is 1. The Balaban J connectivity index is 3.92. The molecule has 2 atom stereocenters. The van der Waals surface area contributed by atoms with Gasteiger partial charge in [-0.25, -0.2) is 0 Å². The van der Waals surface area contributed by atoms with Gasteiger partial charge in [0, 0.05) is 0 Å². The summed E-state index contributed by atoms with van der Waals surface area (Å²) in [6.45, 7) is 3.46. The fourth-order valence-corrected chi connectivity index (χ4v) is 0.834. The minimum atomic E-state index is -0.657. The van der Waals surface area contributed by atoms with Gasteiger partial charge in [-0.2, -0.15) is 0 Å². The lowest BCUT2D eigenvalue weighted by Gasteiger charge is -2.14. The van der Waals surface area contributed by atoms with Crippen molar-refractivity contribution in [2.24, 2.45) is 11.5 Å². The minimum Gasteiger partial charge on any atom is -0.368 e. The largest absolute Gasteiger partial charge is 0.368 e. The lowest BCUT2D eigenvalue weighted by atomic mass is 10.1. The molecule has 0 aromatic carbocycles. The SMILES string of the molecule is CCC[C@@H](N)C(=O)NC(C)C(N)=O. The fourth-order valence-electron chi connectivity index (χ4n) is 0.834. The molecule has 0 aromatic rings. The zero-order valence-electron chi connectivity index (χ0n) is 8.04. The van der Waals surface area contributed by atoms with Crippen molar-refractivity contribution in [2.45, 2.75) is 38.8 Å². The first-order valence-electron chi connectivity index (χ1n) is 4.34. The maximum atomic E-state index is 11.2. The van der Waals surface area contributed by atoms with Gasteiger partial charge in [0.05, 0.1) is 6.04 Å². The quantitative estimate of drug-likeness (QED) is 0.520. The van der Waals surface area contributed by atoms with Gasteiger partial charge in [-0.3, -0.25) is 9.59 Å². The van der Waals surface area contributed by atoms with E-state index >= 15 is 0 Å². The third-order valence-corrected chi connectivity index (χ3v) is 1.72. The molecule has 1 unspecified atom stereocenters. The summed E-state index contributed by atoms with van der Waals surface area (Å²) in [6, 6.07) is -1.21. The molecule has 0 aliphatic rings. The van der Waals surface area contributed by atoms with Crippen LogP contribution < -0.4 is 16.8 Å². The Kier molecular flexibility index (Phi) is 5.06. The monoisotopic (exact) mass is 187 g/mol. The Morgan fingerprint density at radius 2 is 2.00 bits per heavy atom. The van der Waals surface area contributed by atoms with E-state index in [9.17, 15) is 9.59 Å². The first kappa shape index (κ1) is 11.9. The average molecular weight is 187 g/mol. The Morgan fingerprint density at radius 1 is 1.46 bits per heavy atom. The predicted molar refractivity (Wildman–Crippen MR) is 49.7 cm³/mol. The van der Waals surface area contributed by atoms with Crippen molar-refractivity contribution in [2.75, 3.05) is 0 Å². The summed E-state index contributed by atoms with van der Waals surface area (Å²) in [4.78, 5) is 21.8. The van der Waals surface area contributed by atoms with Gasteiger partial charge in [0.1, 0.15) is 6.04 Å². The number of rotatable bonds is 5. The van der Waals surface area contributed by atoms with Crippen molar-refractivity contribution in [3.8, 4) is 0 Å². The lowest BCUT2D eigenvalue weighted by molar-refractivity contribution is -0.127. The normalized spacial score (nSPS) is 14.7. The van der Waals surface area contributed by atoms with Crippen molar-refractivity contribution in [1.82, 2.24) is 5.32 Å². The summed E-state index contributed by atoms with van der Waals surface area (Å²) < 4.78 is 0. The van der Waals surface area contributed by atoms with E-state index in [0.29, 0.717) is 6.42 Å². The van der Waals surface area contributed by atoms with Crippen LogP contribution in [0.1, 0.15) is 26.7 Å². The third kappa shape index (κ3) is 4.47. The van der Waals surface area contributed by atoms with E-state index < -0.39 is 18.0 Å². The van der Waals surface area contributed by atoms with E-state index in [1.54, 1.807) is 0 Å². The molecule has 0 radical (unpaired) electrons. The smallest absolute Gasteiger partial charge is 0.239 e. The minimum absolute atomic E-state index is 0.326. The van der Waals surface area contributed by atoms with Crippen LogP contribution >= 0.6 is 0 Å². The zero-order valence-corrected chi connectivity index (χ0v) is 8.04. The predicted octanol–water partition coefficient (Wildman–Crippen LogP) is -0.896. The maximum Gasteiger partial charge on any atom is 0.239 e. The van der Waals surface area contributed by atoms with E-state index in [4.69, 9.17) is 11.5 Å². The summed E-state index contributed by atoms with van der Waals surface area (Å²) in [5.74, 6) is -0.884. The second-order valence-electron chi connectivity index (χ2n) is 3.03.